The number of carbonyl (C=O) groups excluding carboxylic acids is 2. The van der Waals surface area contributed by atoms with Gasteiger partial charge < -0.3 is 15.1 Å². The molecule has 0 saturated carbocycles. The van der Waals surface area contributed by atoms with Crippen molar-refractivity contribution in [2.75, 3.05) is 32.7 Å². The smallest absolute Gasteiger partial charge is 0.225 e. The molecule has 0 unspecified atom stereocenters. The summed E-state index contributed by atoms with van der Waals surface area (Å²) >= 11 is 0. The van der Waals surface area contributed by atoms with Crippen molar-refractivity contribution in [1.82, 2.24) is 39.7 Å². The molecule has 0 atom stereocenters. The molecule has 0 radical (unpaired) electrons. The Morgan fingerprint density at radius 1 is 1.00 bits per heavy atom. The van der Waals surface area contributed by atoms with Crippen molar-refractivity contribution in [3.8, 4) is 22.5 Å². The van der Waals surface area contributed by atoms with Gasteiger partial charge in [-0.2, -0.15) is 10.2 Å². The number of hydrogen-bond donors (Lipinski definition) is 1. The molecule has 3 aromatic heterocycles. The fraction of sp³-hybridized carbons (Fsp3) is 0.469. The Morgan fingerprint density at radius 3 is 2.55 bits per heavy atom. The second kappa shape index (κ2) is 11.0. The highest BCUT2D eigenvalue weighted by molar-refractivity contribution is 5.97. The Morgan fingerprint density at radius 2 is 1.81 bits per heavy atom. The summed E-state index contributed by atoms with van der Waals surface area (Å²) in [7, 11) is 1.91. The number of hydrogen-bond acceptors (Lipinski definition) is 6. The number of aromatic nitrogens is 5. The Bertz CT molecular complexity index is 1640. The van der Waals surface area contributed by atoms with E-state index in [-0.39, 0.29) is 17.9 Å². The third-order valence-electron chi connectivity index (χ3n) is 9.36. The third kappa shape index (κ3) is 4.87. The van der Waals surface area contributed by atoms with E-state index in [9.17, 15) is 9.59 Å². The van der Waals surface area contributed by atoms with Gasteiger partial charge in [0.05, 0.1) is 23.6 Å². The van der Waals surface area contributed by atoms with Crippen LogP contribution in [0.5, 0.6) is 0 Å². The molecule has 10 nitrogen and oxygen atoms in total. The molecule has 0 bridgehead atoms. The van der Waals surface area contributed by atoms with Crippen LogP contribution in [0.4, 0.5) is 0 Å². The molecule has 1 aromatic carbocycles. The van der Waals surface area contributed by atoms with Crippen LogP contribution in [0.15, 0.2) is 42.9 Å². The predicted molar refractivity (Wildman–Crippen MR) is 160 cm³/mol. The molecule has 4 aromatic rings. The average Bonchev–Trinajstić information content (AvgIpc) is 3.64. The molecule has 2 fully saturated rings. The van der Waals surface area contributed by atoms with Crippen LogP contribution >= 0.6 is 0 Å². The summed E-state index contributed by atoms with van der Waals surface area (Å²) in [5.74, 6) is 0.567. The summed E-state index contributed by atoms with van der Waals surface area (Å²) < 4.78 is 4.02. The third-order valence-corrected chi connectivity index (χ3v) is 9.36. The molecule has 2 saturated heterocycles. The zero-order valence-electron chi connectivity index (χ0n) is 24.4. The van der Waals surface area contributed by atoms with Crippen molar-refractivity contribution in [3.63, 3.8) is 0 Å². The molecular formula is C32H38N8O2. The lowest BCUT2D eigenvalue weighted by atomic mass is 9.94. The minimum absolute atomic E-state index is 0.0878. The number of amides is 2. The monoisotopic (exact) mass is 566 g/mol. The fourth-order valence-electron chi connectivity index (χ4n) is 6.98. The zero-order valence-corrected chi connectivity index (χ0v) is 24.4. The second-order valence-corrected chi connectivity index (χ2v) is 12.0. The molecule has 1 N–H and O–H groups in total. The first-order valence-electron chi connectivity index (χ1n) is 15.2. The summed E-state index contributed by atoms with van der Waals surface area (Å²) in [5.41, 5.74) is 6.20. The van der Waals surface area contributed by atoms with Crippen LogP contribution < -0.4 is 5.32 Å². The summed E-state index contributed by atoms with van der Waals surface area (Å²) in [4.78, 5) is 34.4. The lowest BCUT2D eigenvalue weighted by molar-refractivity contribution is -0.137. The van der Waals surface area contributed by atoms with Gasteiger partial charge in [0, 0.05) is 92.7 Å². The highest BCUT2D eigenvalue weighted by Gasteiger charge is 2.34. The van der Waals surface area contributed by atoms with Gasteiger partial charge in [0.1, 0.15) is 0 Å². The number of rotatable bonds is 4. The molecule has 0 spiro atoms. The van der Waals surface area contributed by atoms with Gasteiger partial charge in [0.15, 0.2) is 0 Å². The van der Waals surface area contributed by atoms with Gasteiger partial charge in [-0.25, -0.2) is 0 Å². The first kappa shape index (κ1) is 26.8. The van der Waals surface area contributed by atoms with Gasteiger partial charge in [-0.1, -0.05) is 18.2 Å². The van der Waals surface area contributed by atoms with E-state index in [1.165, 1.54) is 5.69 Å². The van der Waals surface area contributed by atoms with Crippen LogP contribution in [0, 0.1) is 5.92 Å². The molecule has 7 rings (SSSR count). The number of aryl methyl sites for hydroxylation is 1. The van der Waals surface area contributed by atoms with Crippen LogP contribution in [0.25, 0.3) is 33.3 Å². The van der Waals surface area contributed by atoms with Crippen molar-refractivity contribution in [3.05, 3.63) is 54.1 Å². The molecular weight excluding hydrogens is 528 g/mol. The van der Waals surface area contributed by atoms with Crippen molar-refractivity contribution in [2.24, 2.45) is 13.0 Å². The maximum Gasteiger partial charge on any atom is 0.225 e. The van der Waals surface area contributed by atoms with Crippen LogP contribution in [-0.2, 0) is 29.6 Å². The van der Waals surface area contributed by atoms with Crippen LogP contribution in [0.1, 0.15) is 49.9 Å². The number of nitrogens with zero attached hydrogens (tertiary/aromatic N) is 7. The first-order valence-corrected chi connectivity index (χ1v) is 15.2. The molecule has 3 aliphatic rings. The lowest BCUT2D eigenvalue weighted by Crippen LogP contribution is -2.45. The van der Waals surface area contributed by atoms with Crippen molar-refractivity contribution in [2.45, 2.75) is 51.6 Å². The Labute approximate surface area is 245 Å². The molecule has 218 valence electrons. The minimum atomic E-state index is 0.0878. The Hall–Kier alpha value is -4.05. The average molecular weight is 567 g/mol. The molecule has 42 heavy (non-hydrogen) atoms. The van der Waals surface area contributed by atoms with Crippen LogP contribution in [0.2, 0.25) is 0 Å². The zero-order chi connectivity index (χ0) is 28.8. The van der Waals surface area contributed by atoms with Gasteiger partial charge in [0.2, 0.25) is 11.8 Å². The second-order valence-electron chi connectivity index (χ2n) is 12.0. The van der Waals surface area contributed by atoms with Gasteiger partial charge in [-0.15, -0.1) is 0 Å². The summed E-state index contributed by atoms with van der Waals surface area (Å²) in [5, 5.41) is 15.1. The standard InChI is InChI=1S/C32H38N8O2/c1-21(41)39-15-10-30-28(20-39)31(26-5-3-4-23-16-29(34-18-27(23)26)24-17-35-37(2)19-24)36-40(30)25-8-13-38(14-9-25)32(42)22-6-11-33-12-7-22/h3-5,16-19,22,25,33H,6-15,20H2,1-2H3. The molecule has 10 heteroatoms. The Balaban J connectivity index is 1.22. The van der Waals surface area contributed by atoms with E-state index in [1.54, 1.807) is 11.6 Å². The molecule has 0 aliphatic carbocycles. The van der Waals surface area contributed by atoms with Crippen LogP contribution in [0.3, 0.4) is 0 Å². The Kier molecular flexibility index (Phi) is 7.01. The number of carbonyl (C=O) groups is 2. The maximum atomic E-state index is 13.2. The molecule has 3 aliphatic heterocycles. The van der Waals surface area contributed by atoms with E-state index in [4.69, 9.17) is 10.1 Å². The largest absolute Gasteiger partial charge is 0.342 e. The van der Waals surface area contributed by atoms with Gasteiger partial charge >= 0.3 is 0 Å². The normalized spacial score (nSPS) is 18.4. The quantitative estimate of drug-likeness (QED) is 0.405. The van der Waals surface area contributed by atoms with E-state index in [1.807, 2.05) is 30.5 Å². The van der Waals surface area contributed by atoms with Crippen molar-refractivity contribution in [1.29, 1.82) is 0 Å². The van der Waals surface area contributed by atoms with Gasteiger partial charge in [-0.05, 0) is 50.2 Å². The summed E-state index contributed by atoms with van der Waals surface area (Å²) in [6, 6.07) is 8.65. The summed E-state index contributed by atoms with van der Waals surface area (Å²) in [6.45, 7) is 6.31. The molecule has 6 heterocycles. The minimum Gasteiger partial charge on any atom is -0.342 e. The topological polar surface area (TPSA) is 101 Å². The highest BCUT2D eigenvalue weighted by atomic mass is 16.2. The summed E-state index contributed by atoms with van der Waals surface area (Å²) in [6.07, 6.45) is 10.2. The fourth-order valence-corrected chi connectivity index (χ4v) is 6.98. The number of pyridine rings is 1. The van der Waals surface area contributed by atoms with Crippen molar-refractivity contribution >= 4 is 22.6 Å². The van der Waals surface area contributed by atoms with Gasteiger partial charge in [-0.3, -0.25) is 23.9 Å². The van der Waals surface area contributed by atoms with E-state index < -0.39 is 0 Å². The number of benzene rings is 1. The van der Waals surface area contributed by atoms with E-state index >= 15 is 0 Å². The van der Waals surface area contributed by atoms with Gasteiger partial charge in [0.25, 0.3) is 0 Å². The number of likely N-dealkylation sites (tertiary alicyclic amines) is 1. The highest BCUT2D eigenvalue weighted by Crippen LogP contribution is 2.38. The number of nitrogens with one attached hydrogen (secondary N) is 1. The number of fused-ring (bicyclic) bond motifs is 2. The van der Waals surface area contributed by atoms with E-state index in [2.05, 4.69) is 44.3 Å². The predicted octanol–water partition coefficient (Wildman–Crippen LogP) is 3.57. The maximum absolute atomic E-state index is 13.2. The van der Waals surface area contributed by atoms with Crippen molar-refractivity contribution < 1.29 is 9.59 Å². The van der Waals surface area contributed by atoms with E-state index in [0.29, 0.717) is 19.0 Å². The molecule has 2 amide bonds. The van der Waals surface area contributed by atoms with Crippen LogP contribution in [-0.4, -0.2) is 78.9 Å². The van der Waals surface area contributed by atoms with E-state index in [0.717, 1.165) is 97.1 Å². The number of piperidine rings is 2. The SMILES string of the molecule is CC(=O)N1CCc2c(c(-c3cccc4cc(-c5cnn(C)c5)ncc34)nn2C2CCN(C(=O)C3CCNCC3)CC2)C1. The lowest BCUT2D eigenvalue weighted by Gasteiger charge is -2.36. The first-order chi connectivity index (χ1) is 20.5.